The molecule has 0 aliphatic carbocycles. The molecule has 1 atom stereocenters. The Morgan fingerprint density at radius 2 is 2.16 bits per heavy atom. The summed E-state index contributed by atoms with van der Waals surface area (Å²) in [7, 11) is 0. The number of amides is 1. The molecule has 1 amide bonds. The first kappa shape index (κ1) is 19.2. The van der Waals surface area contributed by atoms with E-state index in [1.54, 1.807) is 29.1 Å². The van der Waals surface area contributed by atoms with E-state index in [2.05, 4.69) is 20.4 Å². The van der Waals surface area contributed by atoms with Crippen molar-refractivity contribution < 1.29 is 9.18 Å². The maximum atomic E-state index is 13.4. The largest absolute Gasteiger partial charge is 0.351 e. The highest BCUT2D eigenvalue weighted by Gasteiger charge is 2.23. The molecule has 1 aromatic carbocycles. The lowest BCUT2D eigenvalue weighted by Crippen LogP contribution is -2.36. The quantitative estimate of drug-likeness (QED) is 0.529. The third kappa shape index (κ3) is 3.86. The molecule has 0 radical (unpaired) electrons. The van der Waals surface area contributed by atoms with Gasteiger partial charge in [-0.05, 0) is 48.7 Å². The number of nitrogens with one attached hydrogen (secondary N) is 2. The molecule has 1 aliphatic rings. The van der Waals surface area contributed by atoms with E-state index in [1.807, 2.05) is 12.1 Å². The number of carbonyl (C=O) groups is 1. The monoisotopic (exact) mass is 420 g/mol. The first-order valence-electron chi connectivity index (χ1n) is 10.2. The van der Waals surface area contributed by atoms with E-state index in [1.165, 1.54) is 16.8 Å². The molecule has 3 aromatic heterocycles. The van der Waals surface area contributed by atoms with Crippen LogP contribution in [0.5, 0.6) is 0 Å². The van der Waals surface area contributed by atoms with E-state index in [4.69, 9.17) is 0 Å². The Morgan fingerprint density at radius 3 is 3.00 bits per heavy atom. The summed E-state index contributed by atoms with van der Waals surface area (Å²) < 4.78 is 16.6. The number of nitrogens with zero attached hydrogens (tertiary/aromatic N) is 4. The second kappa shape index (κ2) is 7.82. The maximum absolute atomic E-state index is 13.4. The Morgan fingerprint density at radius 1 is 1.26 bits per heavy atom. The van der Waals surface area contributed by atoms with Gasteiger partial charge in [0.1, 0.15) is 17.3 Å². The van der Waals surface area contributed by atoms with E-state index in [9.17, 15) is 14.0 Å². The van der Waals surface area contributed by atoms with Gasteiger partial charge in [-0.15, -0.1) is 0 Å². The van der Waals surface area contributed by atoms with Crippen molar-refractivity contribution in [3.8, 4) is 0 Å². The number of fused-ring (bicyclic) bond motifs is 2. The minimum absolute atomic E-state index is 0.0801. The van der Waals surface area contributed by atoms with Gasteiger partial charge in [0.25, 0.3) is 5.91 Å². The standard InChI is InChI=1S/C22H21FN6O2/c23-16-3-5-18-15(10-16)11-19(26-18)21(30)25-17-4-6-20-27-29(22(31)28(20)9-7-17)13-14-2-1-8-24-12-14/h1-3,5,8,10-12,17,26H,4,6-7,9,13H2,(H,25,30). The first-order chi connectivity index (χ1) is 15.1. The van der Waals surface area contributed by atoms with Crippen LogP contribution in [0.2, 0.25) is 0 Å². The molecule has 8 nitrogen and oxygen atoms in total. The van der Waals surface area contributed by atoms with Crippen molar-refractivity contribution in [2.24, 2.45) is 0 Å². The highest BCUT2D eigenvalue weighted by Crippen LogP contribution is 2.18. The Kier molecular flexibility index (Phi) is 4.85. The third-order valence-corrected chi connectivity index (χ3v) is 5.63. The summed E-state index contributed by atoms with van der Waals surface area (Å²) in [5.41, 5.74) is 1.87. The van der Waals surface area contributed by atoms with Crippen LogP contribution in [0.1, 0.15) is 34.7 Å². The average Bonchev–Trinajstić information content (AvgIpc) is 3.25. The molecule has 9 heteroatoms. The number of aromatic nitrogens is 5. The van der Waals surface area contributed by atoms with Crippen molar-refractivity contribution in [2.75, 3.05) is 0 Å². The molecule has 0 spiro atoms. The van der Waals surface area contributed by atoms with Crippen LogP contribution >= 0.6 is 0 Å². The number of carbonyl (C=O) groups excluding carboxylic acids is 1. The topological polar surface area (TPSA) is 97.6 Å². The summed E-state index contributed by atoms with van der Waals surface area (Å²) in [5, 5.41) is 8.18. The van der Waals surface area contributed by atoms with Gasteiger partial charge < -0.3 is 10.3 Å². The van der Waals surface area contributed by atoms with Gasteiger partial charge in [0.15, 0.2) is 0 Å². The summed E-state index contributed by atoms with van der Waals surface area (Å²) in [6, 6.07) is 9.67. The molecule has 5 rings (SSSR count). The lowest BCUT2D eigenvalue weighted by Gasteiger charge is -2.15. The molecule has 4 heterocycles. The zero-order valence-corrected chi connectivity index (χ0v) is 16.7. The summed E-state index contributed by atoms with van der Waals surface area (Å²) in [4.78, 5) is 32.6. The van der Waals surface area contributed by atoms with E-state index in [0.717, 1.165) is 11.4 Å². The van der Waals surface area contributed by atoms with Crippen LogP contribution in [-0.4, -0.2) is 36.3 Å². The summed E-state index contributed by atoms with van der Waals surface area (Å²) in [6.45, 7) is 0.873. The molecular formula is C22H21FN6O2. The smallest absolute Gasteiger partial charge is 0.346 e. The van der Waals surface area contributed by atoms with Crippen molar-refractivity contribution in [2.45, 2.75) is 38.4 Å². The minimum atomic E-state index is -0.342. The fourth-order valence-electron chi connectivity index (χ4n) is 4.03. The van der Waals surface area contributed by atoms with Crippen molar-refractivity contribution in [3.63, 3.8) is 0 Å². The van der Waals surface area contributed by atoms with Gasteiger partial charge in [-0.1, -0.05) is 6.07 Å². The van der Waals surface area contributed by atoms with Crippen LogP contribution in [0.25, 0.3) is 10.9 Å². The number of aryl methyl sites for hydroxylation is 1. The second-order valence-electron chi connectivity index (χ2n) is 7.78. The number of halogens is 1. The Balaban J connectivity index is 1.27. The van der Waals surface area contributed by atoms with Gasteiger partial charge in [0, 0.05) is 42.3 Å². The number of hydrogen-bond acceptors (Lipinski definition) is 4. The van der Waals surface area contributed by atoms with E-state index in [0.29, 0.717) is 48.9 Å². The number of pyridine rings is 1. The van der Waals surface area contributed by atoms with E-state index >= 15 is 0 Å². The number of H-pyrrole nitrogens is 1. The molecule has 0 fully saturated rings. The highest BCUT2D eigenvalue weighted by atomic mass is 19.1. The van der Waals surface area contributed by atoms with E-state index in [-0.39, 0.29) is 23.5 Å². The van der Waals surface area contributed by atoms with Crippen molar-refractivity contribution in [1.29, 1.82) is 0 Å². The second-order valence-corrected chi connectivity index (χ2v) is 7.78. The Hall–Kier alpha value is -3.75. The van der Waals surface area contributed by atoms with E-state index < -0.39 is 0 Å². The van der Waals surface area contributed by atoms with Crippen molar-refractivity contribution in [1.82, 2.24) is 29.6 Å². The van der Waals surface area contributed by atoms with Crippen molar-refractivity contribution in [3.05, 3.63) is 82.2 Å². The molecule has 31 heavy (non-hydrogen) atoms. The molecule has 158 valence electrons. The molecule has 4 aromatic rings. The number of hydrogen-bond donors (Lipinski definition) is 2. The number of benzene rings is 1. The molecule has 0 bridgehead atoms. The summed E-state index contributed by atoms with van der Waals surface area (Å²) in [6.07, 6.45) is 5.33. The Bertz CT molecular complexity index is 1310. The zero-order chi connectivity index (χ0) is 21.4. The van der Waals surface area contributed by atoms with Crippen molar-refractivity contribution >= 4 is 16.8 Å². The van der Waals surface area contributed by atoms with Gasteiger partial charge in [0.2, 0.25) is 0 Å². The normalized spacial score (nSPS) is 16.1. The van der Waals surface area contributed by atoms with Gasteiger partial charge in [-0.25, -0.2) is 13.9 Å². The van der Waals surface area contributed by atoms with Gasteiger partial charge in [0.05, 0.1) is 6.54 Å². The molecule has 0 saturated carbocycles. The van der Waals surface area contributed by atoms with Gasteiger partial charge in [-0.3, -0.25) is 14.3 Å². The minimum Gasteiger partial charge on any atom is -0.351 e. The predicted molar refractivity (Wildman–Crippen MR) is 112 cm³/mol. The average molecular weight is 420 g/mol. The fraction of sp³-hybridized carbons (Fsp3) is 0.273. The van der Waals surface area contributed by atoms with Crippen LogP contribution in [0, 0.1) is 5.82 Å². The predicted octanol–water partition coefficient (Wildman–Crippen LogP) is 2.24. The number of rotatable bonds is 4. The molecule has 1 unspecified atom stereocenters. The summed E-state index contributed by atoms with van der Waals surface area (Å²) >= 11 is 0. The molecule has 1 aliphatic heterocycles. The van der Waals surface area contributed by atoms with Crippen LogP contribution in [0.4, 0.5) is 4.39 Å². The van der Waals surface area contributed by atoms with Crippen LogP contribution < -0.4 is 11.0 Å². The lowest BCUT2D eigenvalue weighted by molar-refractivity contribution is 0.0928. The molecule has 0 saturated heterocycles. The molecule has 2 N–H and O–H groups in total. The zero-order valence-electron chi connectivity index (χ0n) is 16.7. The van der Waals surface area contributed by atoms with Gasteiger partial charge in [-0.2, -0.15) is 5.10 Å². The molecular weight excluding hydrogens is 399 g/mol. The van der Waals surface area contributed by atoms with Crippen LogP contribution in [0.3, 0.4) is 0 Å². The van der Waals surface area contributed by atoms with Crippen LogP contribution in [0.15, 0.2) is 53.6 Å². The first-order valence-corrected chi connectivity index (χ1v) is 10.2. The van der Waals surface area contributed by atoms with Crippen LogP contribution in [-0.2, 0) is 19.5 Å². The lowest BCUT2D eigenvalue weighted by atomic mass is 10.1. The number of aromatic amines is 1. The maximum Gasteiger partial charge on any atom is 0.346 e. The third-order valence-electron chi connectivity index (χ3n) is 5.63. The summed E-state index contributed by atoms with van der Waals surface area (Å²) in [5.74, 6) is 0.146. The Labute approximate surface area is 176 Å². The fourth-order valence-corrected chi connectivity index (χ4v) is 4.03. The highest BCUT2D eigenvalue weighted by molar-refractivity contribution is 5.98. The SMILES string of the molecule is O=C(NC1CCc2nn(Cc3cccnc3)c(=O)n2CC1)c1cc2cc(F)ccc2[nH]1. The van der Waals surface area contributed by atoms with Gasteiger partial charge >= 0.3 is 5.69 Å².